The molecular weight excluding hydrogens is 524 g/mol. The fraction of sp³-hybridized carbons (Fsp3) is 0.379. The van der Waals surface area contributed by atoms with E-state index in [-0.39, 0.29) is 17.7 Å². The van der Waals surface area contributed by atoms with Gasteiger partial charge in [-0.15, -0.1) is 11.8 Å². The summed E-state index contributed by atoms with van der Waals surface area (Å²) in [4.78, 5) is 28.6. The van der Waals surface area contributed by atoms with Crippen LogP contribution in [0.25, 0.3) is 0 Å². The van der Waals surface area contributed by atoms with Crippen molar-refractivity contribution in [1.29, 1.82) is 0 Å². The number of fused-ring (bicyclic) bond motifs is 6. The van der Waals surface area contributed by atoms with Crippen molar-refractivity contribution in [2.75, 3.05) is 11.6 Å². The number of ether oxygens (including phenoxy) is 1. The average Bonchev–Trinajstić information content (AvgIpc) is 3.45. The molecule has 1 aromatic heterocycles. The molecule has 39 heavy (non-hydrogen) atoms. The molecule has 1 N–H and O–H groups in total. The minimum Gasteiger partial charge on any atom is -0.502 e. The Hall–Kier alpha value is -3.37. The molecule has 0 aliphatic carbocycles. The lowest BCUT2D eigenvalue weighted by Crippen LogP contribution is -2.70. The third kappa shape index (κ3) is 3.07. The van der Waals surface area contributed by atoms with Crippen molar-refractivity contribution in [3.05, 3.63) is 92.9 Å². The molecule has 5 atom stereocenters. The van der Waals surface area contributed by atoms with E-state index in [2.05, 4.69) is 0 Å². The average molecular weight is 550 g/mol. The van der Waals surface area contributed by atoms with Crippen molar-refractivity contribution >= 4 is 17.7 Å². The van der Waals surface area contributed by atoms with Crippen molar-refractivity contribution in [2.45, 2.75) is 60.2 Å². The number of thioether (sulfide) groups is 1. The fourth-order valence-electron chi connectivity index (χ4n) is 7.70. The van der Waals surface area contributed by atoms with E-state index in [1.165, 1.54) is 40.8 Å². The smallest absolute Gasteiger partial charge is 0.278 e. The Kier molecular flexibility index (Phi) is 4.87. The summed E-state index contributed by atoms with van der Waals surface area (Å²) in [6, 6.07) is 10.1. The van der Waals surface area contributed by atoms with Gasteiger partial charge in [-0.3, -0.25) is 19.3 Å². The van der Waals surface area contributed by atoms with Gasteiger partial charge in [0.25, 0.3) is 5.91 Å². The van der Waals surface area contributed by atoms with Crippen molar-refractivity contribution in [2.24, 2.45) is 5.92 Å². The number of rotatable bonds is 1. The van der Waals surface area contributed by atoms with E-state index in [4.69, 9.17) is 4.74 Å². The quantitative estimate of drug-likeness (QED) is 0.488. The van der Waals surface area contributed by atoms with Gasteiger partial charge >= 0.3 is 0 Å². The zero-order valence-electron chi connectivity index (χ0n) is 20.8. The Morgan fingerprint density at radius 2 is 1.87 bits per heavy atom. The van der Waals surface area contributed by atoms with Crippen LogP contribution in [0.2, 0.25) is 0 Å². The van der Waals surface area contributed by atoms with Crippen LogP contribution in [0, 0.1) is 17.6 Å². The predicted octanol–water partition coefficient (Wildman–Crippen LogP) is 4.29. The number of hydrogen-bond acceptors (Lipinski definition) is 6. The normalized spacial score (nSPS) is 30.3. The van der Waals surface area contributed by atoms with E-state index in [1.54, 1.807) is 23.1 Å². The van der Waals surface area contributed by atoms with Crippen molar-refractivity contribution < 1.29 is 23.4 Å². The highest BCUT2D eigenvalue weighted by molar-refractivity contribution is 7.98. The number of nitrogens with zero attached hydrogens (tertiary/aromatic N) is 3. The van der Waals surface area contributed by atoms with Gasteiger partial charge in [-0.2, -0.15) is 0 Å². The van der Waals surface area contributed by atoms with Gasteiger partial charge in [-0.25, -0.2) is 8.78 Å². The molecule has 5 aliphatic heterocycles. The van der Waals surface area contributed by atoms with Gasteiger partial charge in [-0.05, 0) is 48.9 Å². The molecule has 1 spiro atoms. The molecule has 2 aromatic carbocycles. The van der Waals surface area contributed by atoms with Gasteiger partial charge in [0, 0.05) is 40.9 Å². The Bertz CT molecular complexity index is 1630. The van der Waals surface area contributed by atoms with Crippen LogP contribution in [0.15, 0.2) is 58.4 Å². The zero-order chi connectivity index (χ0) is 26.6. The predicted molar refractivity (Wildman–Crippen MR) is 139 cm³/mol. The Morgan fingerprint density at radius 1 is 1.05 bits per heavy atom. The third-order valence-electron chi connectivity index (χ3n) is 9.32. The molecule has 3 saturated heterocycles. The van der Waals surface area contributed by atoms with Crippen LogP contribution in [0.3, 0.4) is 0 Å². The summed E-state index contributed by atoms with van der Waals surface area (Å²) in [5, 5.41) is 12.8. The second kappa shape index (κ2) is 8.08. The number of halogens is 2. The van der Waals surface area contributed by atoms with Crippen LogP contribution < -0.4 is 10.4 Å². The molecule has 6 heterocycles. The molecule has 0 saturated carbocycles. The second-order valence-corrected chi connectivity index (χ2v) is 12.1. The minimum atomic E-state index is -0.836. The molecular formula is C29H25F2N3O4S. The summed E-state index contributed by atoms with van der Waals surface area (Å²) < 4.78 is 39.3. The summed E-state index contributed by atoms with van der Waals surface area (Å²) in [6.07, 6.45) is 4.25. The minimum absolute atomic E-state index is 0.0770. The van der Waals surface area contributed by atoms with Gasteiger partial charge in [0.1, 0.15) is 23.8 Å². The second-order valence-electron chi connectivity index (χ2n) is 11.1. The third-order valence-corrected chi connectivity index (χ3v) is 10.5. The van der Waals surface area contributed by atoms with Crippen molar-refractivity contribution in [3.8, 4) is 5.75 Å². The van der Waals surface area contributed by atoms with E-state index in [0.717, 1.165) is 24.8 Å². The first-order valence-electron chi connectivity index (χ1n) is 13.3. The van der Waals surface area contributed by atoms with Gasteiger partial charge in [0.15, 0.2) is 11.4 Å². The van der Waals surface area contributed by atoms with Gasteiger partial charge in [0.2, 0.25) is 5.43 Å². The first-order valence-corrected chi connectivity index (χ1v) is 14.3. The number of pyridine rings is 1. The molecule has 3 fully saturated rings. The number of aromatic nitrogens is 1. The maximum Gasteiger partial charge on any atom is 0.278 e. The van der Waals surface area contributed by atoms with E-state index >= 15 is 8.78 Å². The number of benzene rings is 2. The number of carbonyl (C=O) groups is 1. The van der Waals surface area contributed by atoms with Crippen LogP contribution in [0.5, 0.6) is 5.75 Å². The van der Waals surface area contributed by atoms with Crippen molar-refractivity contribution in [1.82, 2.24) is 9.58 Å². The first kappa shape index (κ1) is 23.5. The number of carbonyl (C=O) groups excluding carboxylic acids is 1. The maximum absolute atomic E-state index is 15.9. The van der Waals surface area contributed by atoms with Gasteiger partial charge < -0.3 is 14.7 Å². The molecule has 200 valence electrons. The molecule has 5 aliphatic rings. The fourth-order valence-corrected chi connectivity index (χ4v) is 8.80. The molecule has 1 amide bonds. The van der Waals surface area contributed by atoms with Crippen LogP contribution in [-0.2, 0) is 10.5 Å². The first-order chi connectivity index (χ1) is 18.9. The summed E-state index contributed by atoms with van der Waals surface area (Å²) in [7, 11) is 0. The number of hydrogen-bond donors (Lipinski definition) is 1. The molecule has 0 unspecified atom stereocenters. The Morgan fingerprint density at radius 3 is 2.72 bits per heavy atom. The topological polar surface area (TPSA) is 75.0 Å². The van der Waals surface area contributed by atoms with Crippen molar-refractivity contribution in [3.63, 3.8) is 0 Å². The molecule has 8 rings (SSSR count). The van der Waals surface area contributed by atoms with Crippen LogP contribution in [0.4, 0.5) is 8.78 Å². The monoisotopic (exact) mass is 549 g/mol. The number of amides is 1. The lowest BCUT2D eigenvalue weighted by Gasteiger charge is -2.57. The van der Waals surface area contributed by atoms with Gasteiger partial charge in [-0.1, -0.05) is 24.3 Å². The summed E-state index contributed by atoms with van der Waals surface area (Å²) in [5.74, 6) is -1.62. The highest BCUT2D eigenvalue weighted by atomic mass is 32.2. The van der Waals surface area contributed by atoms with E-state index in [0.29, 0.717) is 34.7 Å². The van der Waals surface area contributed by atoms with E-state index in [1.807, 2.05) is 11.1 Å². The van der Waals surface area contributed by atoms with E-state index < -0.39 is 46.5 Å². The Labute approximate surface area is 227 Å². The summed E-state index contributed by atoms with van der Waals surface area (Å²) >= 11 is 1.32. The lowest BCUT2D eigenvalue weighted by atomic mass is 9.71. The summed E-state index contributed by atoms with van der Waals surface area (Å²) in [5.41, 5.74) is 0.476. The van der Waals surface area contributed by atoms with E-state index in [9.17, 15) is 14.7 Å². The zero-order valence-corrected chi connectivity index (χ0v) is 21.7. The molecule has 7 nitrogen and oxygen atoms in total. The SMILES string of the molecule is O=C1c2c(O)c(=O)ccn2N([C@@H]2c3cccc(F)c3SCc3cccc(F)c32)[C@@H]2[C@H]3C[C@@H]4CC[C@@]3(CCN12)O4. The van der Waals surface area contributed by atoms with Crippen LogP contribution >= 0.6 is 11.8 Å². The Balaban J connectivity index is 1.45. The lowest BCUT2D eigenvalue weighted by molar-refractivity contribution is -0.0757. The highest BCUT2D eigenvalue weighted by Gasteiger charge is 2.63. The molecule has 2 bridgehead atoms. The molecule has 3 aromatic rings. The van der Waals surface area contributed by atoms with Gasteiger partial charge in [0.05, 0.1) is 11.7 Å². The number of piperidine rings is 1. The number of aromatic hydroxyl groups is 1. The largest absolute Gasteiger partial charge is 0.502 e. The molecule has 0 radical (unpaired) electrons. The summed E-state index contributed by atoms with van der Waals surface area (Å²) in [6.45, 7) is 0.368. The highest BCUT2D eigenvalue weighted by Crippen LogP contribution is 2.57. The standard InChI is InChI=1S/C29H25F2N3O4S/c30-19-5-1-3-15-14-39-26-17(4-2-6-20(26)31)23(22(15)19)34-27-18-13-16-7-9-29(18,38-16)10-12-32(27)28(37)24-25(36)21(35)8-11-33(24)34/h1-6,8,11,16,18,23,27,36H,7,9-10,12-14H2/t16-,18+,23+,27+,29-/m0/s1. The van der Waals surface area contributed by atoms with Crippen LogP contribution in [-0.4, -0.2) is 45.0 Å². The maximum atomic E-state index is 15.9. The van der Waals surface area contributed by atoms with Crippen LogP contribution in [0.1, 0.15) is 58.9 Å². The molecule has 10 heteroatoms.